The Morgan fingerprint density at radius 1 is 1.22 bits per heavy atom. The summed E-state index contributed by atoms with van der Waals surface area (Å²) in [6.45, 7) is 2.94. The van der Waals surface area contributed by atoms with Gasteiger partial charge in [-0.25, -0.2) is 10.8 Å². The Morgan fingerprint density at radius 2 is 2.00 bits per heavy atom. The van der Waals surface area contributed by atoms with Crippen LogP contribution in [-0.2, 0) is 6.54 Å². The molecule has 0 aliphatic rings. The molecule has 4 heteroatoms. The molecule has 0 bridgehead atoms. The molecular weight excluding hydrogens is 224 g/mol. The average molecular weight is 242 g/mol. The Labute approximate surface area is 107 Å². The van der Waals surface area contributed by atoms with Gasteiger partial charge in [-0.05, 0) is 30.2 Å². The first-order chi connectivity index (χ1) is 8.70. The van der Waals surface area contributed by atoms with E-state index in [1.54, 1.807) is 0 Å². The molecule has 0 saturated heterocycles. The Morgan fingerprint density at radius 3 is 2.61 bits per heavy atom. The fourth-order valence-corrected chi connectivity index (χ4v) is 1.95. The van der Waals surface area contributed by atoms with E-state index in [0.717, 1.165) is 12.1 Å². The van der Waals surface area contributed by atoms with Crippen LogP contribution in [0.2, 0.25) is 0 Å². The molecule has 18 heavy (non-hydrogen) atoms. The molecular formula is C14H18N4. The number of pyridine rings is 1. The van der Waals surface area contributed by atoms with E-state index in [4.69, 9.17) is 5.84 Å². The number of para-hydroxylation sites is 1. The van der Waals surface area contributed by atoms with Crippen LogP contribution in [0.1, 0.15) is 11.1 Å². The number of nitrogens with one attached hydrogen (secondary N) is 1. The van der Waals surface area contributed by atoms with E-state index in [9.17, 15) is 0 Å². The molecule has 2 rings (SSSR count). The monoisotopic (exact) mass is 242 g/mol. The van der Waals surface area contributed by atoms with Gasteiger partial charge >= 0.3 is 0 Å². The summed E-state index contributed by atoms with van der Waals surface area (Å²) in [5.41, 5.74) is 6.18. The van der Waals surface area contributed by atoms with Crippen molar-refractivity contribution in [2.24, 2.45) is 5.84 Å². The van der Waals surface area contributed by atoms with E-state index in [1.165, 1.54) is 11.3 Å². The maximum atomic E-state index is 5.29. The number of hydrogen-bond acceptors (Lipinski definition) is 4. The standard InChI is InChI=1S/C14H18N4/c1-11-5-3-4-6-13(11)18(2)10-12-7-8-14(17-15)16-9-12/h3-9H,10,15H2,1-2H3,(H,16,17). The highest BCUT2D eigenvalue weighted by atomic mass is 15.2. The molecule has 0 radical (unpaired) electrons. The summed E-state index contributed by atoms with van der Waals surface area (Å²) < 4.78 is 0. The maximum absolute atomic E-state index is 5.29. The van der Waals surface area contributed by atoms with Crippen LogP contribution >= 0.6 is 0 Å². The number of nitrogen functional groups attached to an aromatic ring is 1. The third kappa shape index (κ3) is 2.78. The van der Waals surface area contributed by atoms with Crippen molar-refractivity contribution in [3.05, 3.63) is 53.7 Å². The summed E-state index contributed by atoms with van der Waals surface area (Å²) in [7, 11) is 2.08. The highest BCUT2D eigenvalue weighted by molar-refractivity contribution is 5.52. The van der Waals surface area contributed by atoms with Crippen LogP contribution in [0, 0.1) is 6.92 Å². The Kier molecular flexibility index (Phi) is 3.79. The largest absolute Gasteiger partial charge is 0.370 e. The summed E-state index contributed by atoms with van der Waals surface area (Å²) in [6.07, 6.45) is 1.84. The second kappa shape index (κ2) is 5.51. The number of nitrogens with two attached hydrogens (primary N) is 1. The number of aryl methyl sites for hydroxylation is 1. The van der Waals surface area contributed by atoms with Crippen molar-refractivity contribution >= 4 is 11.5 Å². The van der Waals surface area contributed by atoms with Gasteiger partial charge in [-0.1, -0.05) is 24.3 Å². The molecule has 2 aromatic rings. The minimum Gasteiger partial charge on any atom is -0.370 e. The fourth-order valence-electron chi connectivity index (χ4n) is 1.95. The molecule has 0 spiro atoms. The Balaban J connectivity index is 2.11. The summed E-state index contributed by atoms with van der Waals surface area (Å²) in [4.78, 5) is 6.41. The average Bonchev–Trinajstić information content (AvgIpc) is 2.40. The van der Waals surface area contributed by atoms with Crippen molar-refractivity contribution in [3.63, 3.8) is 0 Å². The molecule has 0 unspecified atom stereocenters. The molecule has 0 fully saturated rings. The van der Waals surface area contributed by atoms with Gasteiger partial charge in [-0.15, -0.1) is 0 Å². The first-order valence-corrected chi connectivity index (χ1v) is 5.89. The zero-order valence-corrected chi connectivity index (χ0v) is 10.7. The van der Waals surface area contributed by atoms with Gasteiger partial charge in [0.15, 0.2) is 0 Å². The smallest absolute Gasteiger partial charge is 0.139 e. The van der Waals surface area contributed by atoms with Crippen molar-refractivity contribution in [1.29, 1.82) is 0 Å². The second-order valence-corrected chi connectivity index (χ2v) is 4.34. The predicted molar refractivity (Wildman–Crippen MR) is 75.3 cm³/mol. The van der Waals surface area contributed by atoms with E-state index in [2.05, 4.69) is 53.5 Å². The molecule has 1 aromatic heterocycles. The second-order valence-electron chi connectivity index (χ2n) is 4.34. The maximum Gasteiger partial charge on any atom is 0.139 e. The van der Waals surface area contributed by atoms with Crippen LogP contribution in [0.5, 0.6) is 0 Å². The van der Waals surface area contributed by atoms with Gasteiger partial charge in [-0.3, -0.25) is 0 Å². The number of nitrogens with zero attached hydrogens (tertiary/aromatic N) is 2. The molecule has 4 nitrogen and oxygen atoms in total. The zero-order valence-electron chi connectivity index (χ0n) is 10.7. The number of hydrogen-bond donors (Lipinski definition) is 2. The summed E-state index contributed by atoms with van der Waals surface area (Å²) >= 11 is 0. The van der Waals surface area contributed by atoms with Crippen LogP contribution in [0.4, 0.5) is 11.5 Å². The van der Waals surface area contributed by atoms with Gasteiger partial charge < -0.3 is 10.3 Å². The van der Waals surface area contributed by atoms with Gasteiger partial charge in [0.25, 0.3) is 0 Å². The lowest BCUT2D eigenvalue weighted by molar-refractivity contribution is 0.910. The molecule has 0 amide bonds. The molecule has 0 atom stereocenters. The highest BCUT2D eigenvalue weighted by Crippen LogP contribution is 2.19. The minimum absolute atomic E-state index is 0.678. The van der Waals surface area contributed by atoms with Crippen LogP contribution in [0.15, 0.2) is 42.6 Å². The van der Waals surface area contributed by atoms with Gasteiger partial charge in [-0.2, -0.15) is 0 Å². The quantitative estimate of drug-likeness (QED) is 0.638. The lowest BCUT2D eigenvalue weighted by Crippen LogP contribution is -2.17. The molecule has 0 aliphatic heterocycles. The van der Waals surface area contributed by atoms with Crippen molar-refractivity contribution in [1.82, 2.24) is 4.98 Å². The highest BCUT2D eigenvalue weighted by Gasteiger charge is 2.04. The van der Waals surface area contributed by atoms with E-state index in [-0.39, 0.29) is 0 Å². The Hall–Kier alpha value is -2.07. The first kappa shape index (κ1) is 12.4. The van der Waals surface area contributed by atoms with Crippen molar-refractivity contribution < 1.29 is 0 Å². The van der Waals surface area contributed by atoms with Gasteiger partial charge in [0.1, 0.15) is 5.82 Å². The molecule has 1 heterocycles. The zero-order chi connectivity index (χ0) is 13.0. The van der Waals surface area contributed by atoms with Crippen LogP contribution in [-0.4, -0.2) is 12.0 Å². The topological polar surface area (TPSA) is 54.2 Å². The number of hydrazine groups is 1. The van der Waals surface area contributed by atoms with Crippen molar-refractivity contribution in [3.8, 4) is 0 Å². The van der Waals surface area contributed by atoms with Crippen molar-refractivity contribution in [2.75, 3.05) is 17.4 Å². The number of aromatic nitrogens is 1. The van der Waals surface area contributed by atoms with Crippen LogP contribution in [0.25, 0.3) is 0 Å². The first-order valence-electron chi connectivity index (χ1n) is 5.89. The molecule has 0 saturated carbocycles. The lowest BCUT2D eigenvalue weighted by Gasteiger charge is -2.21. The molecule has 1 aromatic carbocycles. The fraction of sp³-hybridized carbons (Fsp3) is 0.214. The van der Waals surface area contributed by atoms with Crippen molar-refractivity contribution in [2.45, 2.75) is 13.5 Å². The summed E-state index contributed by atoms with van der Waals surface area (Å²) in [5, 5.41) is 0. The molecule has 3 N–H and O–H groups in total. The third-order valence-electron chi connectivity index (χ3n) is 2.92. The SMILES string of the molecule is Cc1ccccc1N(C)Cc1ccc(NN)nc1. The number of benzene rings is 1. The summed E-state index contributed by atoms with van der Waals surface area (Å²) in [6, 6.07) is 12.2. The summed E-state index contributed by atoms with van der Waals surface area (Å²) in [5.74, 6) is 5.97. The number of rotatable bonds is 4. The minimum atomic E-state index is 0.678. The van der Waals surface area contributed by atoms with E-state index < -0.39 is 0 Å². The number of anilines is 2. The van der Waals surface area contributed by atoms with E-state index >= 15 is 0 Å². The predicted octanol–water partition coefficient (Wildman–Crippen LogP) is 2.31. The molecule has 94 valence electrons. The van der Waals surface area contributed by atoms with Crippen LogP contribution < -0.4 is 16.2 Å². The third-order valence-corrected chi connectivity index (χ3v) is 2.92. The van der Waals surface area contributed by atoms with Gasteiger partial charge in [0.2, 0.25) is 0 Å². The molecule has 0 aliphatic carbocycles. The van der Waals surface area contributed by atoms with Crippen LogP contribution in [0.3, 0.4) is 0 Å². The van der Waals surface area contributed by atoms with Gasteiger partial charge in [0, 0.05) is 25.5 Å². The normalized spacial score (nSPS) is 10.2. The van der Waals surface area contributed by atoms with E-state index in [1.807, 2.05) is 18.3 Å². The lowest BCUT2D eigenvalue weighted by atomic mass is 10.1. The Bertz CT molecular complexity index is 507. The van der Waals surface area contributed by atoms with E-state index in [0.29, 0.717) is 5.82 Å². The van der Waals surface area contributed by atoms with Gasteiger partial charge in [0.05, 0.1) is 0 Å².